The first kappa shape index (κ1) is 16.9. The van der Waals surface area contributed by atoms with Crippen molar-refractivity contribution in [1.82, 2.24) is 20.0 Å². The first-order valence-corrected chi connectivity index (χ1v) is 7.94. The second kappa shape index (κ2) is 8.26. The van der Waals surface area contributed by atoms with E-state index in [1.165, 1.54) is 0 Å². The van der Waals surface area contributed by atoms with Crippen molar-refractivity contribution in [2.75, 3.05) is 57.8 Å². The summed E-state index contributed by atoms with van der Waals surface area (Å²) in [5.74, 6) is 0.0235. The molecule has 1 saturated heterocycles. The van der Waals surface area contributed by atoms with Crippen LogP contribution in [0.25, 0.3) is 0 Å². The average molecular weight is 309 g/mol. The Hall–Kier alpha value is -1.44. The highest BCUT2D eigenvalue weighted by Crippen LogP contribution is 2.15. The van der Waals surface area contributed by atoms with E-state index in [4.69, 9.17) is 4.74 Å². The lowest BCUT2D eigenvalue weighted by atomic mass is 10.3. The molecular formula is C15H27N5O2. The van der Waals surface area contributed by atoms with E-state index in [-0.39, 0.29) is 5.91 Å². The van der Waals surface area contributed by atoms with E-state index in [2.05, 4.69) is 25.3 Å². The Bertz CT molecular complexity index is 461. The van der Waals surface area contributed by atoms with Gasteiger partial charge in [0.2, 0.25) is 5.91 Å². The van der Waals surface area contributed by atoms with Crippen molar-refractivity contribution in [1.29, 1.82) is 0 Å². The number of piperazine rings is 1. The fraction of sp³-hybridized carbons (Fsp3) is 0.733. The van der Waals surface area contributed by atoms with Crippen molar-refractivity contribution in [3.05, 3.63) is 11.4 Å². The molecule has 1 aliphatic rings. The van der Waals surface area contributed by atoms with Crippen molar-refractivity contribution in [3.63, 3.8) is 0 Å². The fourth-order valence-electron chi connectivity index (χ4n) is 2.63. The van der Waals surface area contributed by atoms with E-state index in [9.17, 15) is 4.79 Å². The summed E-state index contributed by atoms with van der Waals surface area (Å²) in [5.41, 5.74) is 2.53. The zero-order valence-electron chi connectivity index (χ0n) is 13.8. The number of amides is 1. The summed E-state index contributed by atoms with van der Waals surface area (Å²) in [6.45, 7) is 12.6. The molecule has 2 heterocycles. The van der Waals surface area contributed by atoms with Crippen LogP contribution in [0.4, 0.5) is 5.69 Å². The minimum atomic E-state index is 0.0235. The van der Waals surface area contributed by atoms with Crippen LogP contribution in [-0.4, -0.2) is 78.4 Å². The van der Waals surface area contributed by atoms with Gasteiger partial charge in [0.25, 0.3) is 0 Å². The smallest absolute Gasteiger partial charge is 0.238 e. The monoisotopic (exact) mass is 309 g/mol. The van der Waals surface area contributed by atoms with E-state index >= 15 is 0 Å². The normalized spacial score (nSPS) is 16.9. The number of anilines is 1. The molecule has 0 atom stereocenters. The van der Waals surface area contributed by atoms with Gasteiger partial charge in [-0.3, -0.25) is 19.7 Å². The molecule has 7 heteroatoms. The van der Waals surface area contributed by atoms with Crippen LogP contribution >= 0.6 is 0 Å². The topological polar surface area (TPSA) is 73.5 Å². The second-order valence-electron chi connectivity index (χ2n) is 5.67. The molecule has 1 amide bonds. The van der Waals surface area contributed by atoms with Gasteiger partial charge in [-0.1, -0.05) is 0 Å². The van der Waals surface area contributed by atoms with Crippen LogP contribution in [-0.2, 0) is 9.53 Å². The van der Waals surface area contributed by atoms with Gasteiger partial charge in [0.15, 0.2) is 0 Å². The van der Waals surface area contributed by atoms with Gasteiger partial charge in [-0.25, -0.2) is 0 Å². The molecule has 2 N–H and O–H groups in total. The maximum atomic E-state index is 12.1. The van der Waals surface area contributed by atoms with Gasteiger partial charge in [-0.05, 0) is 20.8 Å². The summed E-state index contributed by atoms with van der Waals surface area (Å²) in [6.07, 6.45) is 0. The third-order valence-electron chi connectivity index (χ3n) is 3.98. The molecule has 0 aliphatic carbocycles. The van der Waals surface area contributed by atoms with Crippen molar-refractivity contribution < 1.29 is 9.53 Å². The maximum Gasteiger partial charge on any atom is 0.238 e. The number of hydrogen-bond donors (Lipinski definition) is 2. The van der Waals surface area contributed by atoms with Crippen LogP contribution in [0.1, 0.15) is 18.3 Å². The van der Waals surface area contributed by atoms with E-state index in [1.807, 2.05) is 20.8 Å². The highest BCUT2D eigenvalue weighted by atomic mass is 16.5. The number of hydrogen-bond acceptors (Lipinski definition) is 5. The fourth-order valence-corrected chi connectivity index (χ4v) is 2.63. The van der Waals surface area contributed by atoms with Crippen LogP contribution in [0.3, 0.4) is 0 Å². The zero-order chi connectivity index (χ0) is 15.9. The number of aryl methyl sites for hydroxylation is 2. The molecule has 0 aromatic carbocycles. The minimum absolute atomic E-state index is 0.0235. The van der Waals surface area contributed by atoms with Crippen LogP contribution in [0.5, 0.6) is 0 Å². The Kier molecular flexibility index (Phi) is 6.35. The third-order valence-corrected chi connectivity index (χ3v) is 3.98. The van der Waals surface area contributed by atoms with Gasteiger partial charge in [0.1, 0.15) is 0 Å². The molecule has 124 valence electrons. The molecule has 0 bridgehead atoms. The average Bonchev–Trinajstić information content (AvgIpc) is 2.81. The van der Waals surface area contributed by atoms with E-state index in [0.717, 1.165) is 63.0 Å². The molecule has 0 saturated carbocycles. The molecule has 0 unspecified atom stereocenters. The lowest BCUT2D eigenvalue weighted by Crippen LogP contribution is -2.49. The van der Waals surface area contributed by atoms with Crippen LogP contribution in [0.15, 0.2) is 0 Å². The Balaban J connectivity index is 1.70. The highest BCUT2D eigenvalue weighted by molar-refractivity contribution is 5.93. The number of H-pyrrole nitrogens is 1. The lowest BCUT2D eigenvalue weighted by Gasteiger charge is -2.34. The van der Waals surface area contributed by atoms with E-state index in [0.29, 0.717) is 6.54 Å². The molecule has 1 aliphatic heterocycles. The molecule has 2 rings (SSSR count). The largest absolute Gasteiger partial charge is 0.380 e. The molecule has 1 fully saturated rings. The molecular weight excluding hydrogens is 282 g/mol. The maximum absolute atomic E-state index is 12.1. The van der Waals surface area contributed by atoms with Crippen LogP contribution in [0, 0.1) is 13.8 Å². The van der Waals surface area contributed by atoms with Crippen LogP contribution < -0.4 is 5.32 Å². The van der Waals surface area contributed by atoms with Gasteiger partial charge >= 0.3 is 0 Å². The van der Waals surface area contributed by atoms with Gasteiger partial charge < -0.3 is 10.1 Å². The number of carbonyl (C=O) groups is 1. The molecule has 0 spiro atoms. The van der Waals surface area contributed by atoms with Gasteiger partial charge in [-0.15, -0.1) is 0 Å². The van der Waals surface area contributed by atoms with E-state index in [1.54, 1.807) is 0 Å². The number of rotatable bonds is 7. The number of aromatic nitrogens is 2. The predicted octanol–water partition coefficient (Wildman–Crippen LogP) is 0.619. The molecule has 0 radical (unpaired) electrons. The first-order valence-electron chi connectivity index (χ1n) is 7.94. The summed E-state index contributed by atoms with van der Waals surface area (Å²) < 4.78 is 5.38. The molecule has 1 aromatic heterocycles. The Labute approximate surface area is 132 Å². The van der Waals surface area contributed by atoms with Gasteiger partial charge in [0.05, 0.1) is 30.2 Å². The predicted molar refractivity (Wildman–Crippen MR) is 86.1 cm³/mol. The summed E-state index contributed by atoms with van der Waals surface area (Å²) >= 11 is 0. The molecule has 1 aromatic rings. The number of aromatic amines is 1. The number of carbonyl (C=O) groups excluding carboxylic acids is 1. The summed E-state index contributed by atoms with van der Waals surface area (Å²) in [6, 6.07) is 0. The number of nitrogens with zero attached hydrogens (tertiary/aromatic N) is 3. The number of nitrogens with one attached hydrogen (secondary N) is 2. The Morgan fingerprint density at radius 1 is 1.27 bits per heavy atom. The summed E-state index contributed by atoms with van der Waals surface area (Å²) in [5, 5.41) is 9.92. The van der Waals surface area contributed by atoms with Crippen molar-refractivity contribution >= 4 is 11.6 Å². The summed E-state index contributed by atoms with van der Waals surface area (Å²) in [4.78, 5) is 16.7. The standard InChI is InChI=1S/C15H27N5O2/c1-4-22-10-9-19-5-7-20(8-6-19)11-14(21)16-15-12(2)17-18-13(15)3/h4-11H2,1-3H3,(H,16,21)(H,17,18). The SMILES string of the molecule is CCOCCN1CCN(CC(=O)Nc2c(C)n[nH]c2C)CC1. The van der Waals surface area contributed by atoms with Crippen molar-refractivity contribution in [2.45, 2.75) is 20.8 Å². The minimum Gasteiger partial charge on any atom is -0.380 e. The highest BCUT2D eigenvalue weighted by Gasteiger charge is 2.19. The quantitative estimate of drug-likeness (QED) is 0.722. The lowest BCUT2D eigenvalue weighted by molar-refractivity contribution is -0.117. The van der Waals surface area contributed by atoms with Gasteiger partial charge in [0, 0.05) is 39.3 Å². The third kappa shape index (κ3) is 4.79. The van der Waals surface area contributed by atoms with E-state index < -0.39 is 0 Å². The Morgan fingerprint density at radius 3 is 2.55 bits per heavy atom. The summed E-state index contributed by atoms with van der Waals surface area (Å²) in [7, 11) is 0. The number of ether oxygens (including phenoxy) is 1. The van der Waals surface area contributed by atoms with Gasteiger partial charge in [-0.2, -0.15) is 5.10 Å². The first-order chi connectivity index (χ1) is 10.6. The van der Waals surface area contributed by atoms with Crippen molar-refractivity contribution in [2.24, 2.45) is 0 Å². The molecule has 7 nitrogen and oxygen atoms in total. The van der Waals surface area contributed by atoms with Crippen molar-refractivity contribution in [3.8, 4) is 0 Å². The second-order valence-corrected chi connectivity index (χ2v) is 5.67. The molecule has 22 heavy (non-hydrogen) atoms. The Morgan fingerprint density at radius 2 is 1.95 bits per heavy atom. The zero-order valence-corrected chi connectivity index (χ0v) is 13.8. The van der Waals surface area contributed by atoms with Crippen LogP contribution in [0.2, 0.25) is 0 Å².